The van der Waals surface area contributed by atoms with Crippen molar-refractivity contribution >= 4 is 5.91 Å². The number of hydrogen-bond acceptors (Lipinski definition) is 2. The largest absolute Gasteiger partial charge is 1.00 e. The minimum absolute atomic E-state index is 0. The summed E-state index contributed by atoms with van der Waals surface area (Å²) in [5.41, 5.74) is 7.41. The first-order valence-electron chi connectivity index (χ1n) is 11.7. The van der Waals surface area contributed by atoms with Crippen LogP contribution in [0.2, 0.25) is 0 Å². The van der Waals surface area contributed by atoms with Gasteiger partial charge in [0.05, 0.1) is 19.3 Å². The van der Waals surface area contributed by atoms with Gasteiger partial charge in [-0.15, -0.1) is 0 Å². The Bertz CT molecular complexity index is 1040. The summed E-state index contributed by atoms with van der Waals surface area (Å²) in [5.74, 6) is 1.15. The number of ether oxygens (including phenoxy) is 1. The Labute approximate surface area is 206 Å². The lowest BCUT2D eigenvalue weighted by Crippen LogP contribution is -3.00. The van der Waals surface area contributed by atoms with Crippen LogP contribution in [0.15, 0.2) is 73.1 Å². The molecule has 1 saturated heterocycles. The average molecular weight is 510 g/mol. The van der Waals surface area contributed by atoms with Crippen molar-refractivity contribution in [3.05, 3.63) is 90.0 Å². The zero-order chi connectivity index (χ0) is 22.1. The first-order chi connectivity index (χ1) is 15.6. The van der Waals surface area contributed by atoms with Crippen LogP contribution in [0.1, 0.15) is 48.7 Å². The van der Waals surface area contributed by atoms with E-state index in [-0.39, 0.29) is 28.8 Å². The number of benzene rings is 2. The van der Waals surface area contributed by atoms with Crippen molar-refractivity contribution in [2.75, 3.05) is 6.61 Å². The number of imidazole rings is 1. The minimum Gasteiger partial charge on any atom is -1.00 e. The molecule has 0 radical (unpaired) electrons. The summed E-state index contributed by atoms with van der Waals surface area (Å²) in [6.07, 6.45) is 8.82. The van der Waals surface area contributed by atoms with Gasteiger partial charge < -0.3 is 27.5 Å². The first-order valence-corrected chi connectivity index (χ1v) is 11.7. The topological polar surface area (TPSA) is 64.4 Å². The van der Waals surface area contributed by atoms with Gasteiger partial charge in [-0.1, -0.05) is 60.7 Å². The van der Waals surface area contributed by atoms with E-state index in [0.29, 0.717) is 12.1 Å². The highest BCUT2D eigenvalue weighted by molar-refractivity contribution is 5.91. The van der Waals surface area contributed by atoms with E-state index in [9.17, 15) is 4.79 Å². The number of nitrogens with two attached hydrogens (primary N) is 1. The van der Waals surface area contributed by atoms with E-state index >= 15 is 0 Å². The van der Waals surface area contributed by atoms with Gasteiger partial charge in [0, 0.05) is 13.3 Å². The van der Waals surface area contributed by atoms with Gasteiger partial charge in [-0.05, 0) is 36.3 Å². The second-order valence-electron chi connectivity index (χ2n) is 9.26. The van der Waals surface area contributed by atoms with E-state index in [1.807, 2.05) is 36.4 Å². The summed E-state index contributed by atoms with van der Waals surface area (Å²) in [7, 11) is 0. The molecule has 0 bridgehead atoms. The molecular formula is C27H32BrN3O2. The van der Waals surface area contributed by atoms with Crippen LogP contribution in [-0.2, 0) is 21.5 Å². The molecule has 6 heteroatoms. The number of rotatable bonds is 8. The standard InChI is InChI=1S/C27H31N3O2.BrH/c1-20-29(15-14-25-19-32-25)16-17-30(20)24-13-12-23(18-24)27(26(28)31,21-8-4-2-5-9-21)22-10-6-3-7-11-22;/h2-11,16-17,23-25H,12-15,18-19H2,1H3,(H-,28,31);1H/t23-,24+,25+;/m1./s1. The maximum Gasteiger partial charge on any atom is 0.253 e. The van der Waals surface area contributed by atoms with Crippen LogP contribution in [0.25, 0.3) is 0 Å². The van der Waals surface area contributed by atoms with Gasteiger partial charge in [-0.3, -0.25) is 4.79 Å². The molecule has 1 aromatic heterocycles. The van der Waals surface area contributed by atoms with Gasteiger partial charge in [-0.25, -0.2) is 9.13 Å². The van der Waals surface area contributed by atoms with E-state index in [1.165, 1.54) is 5.82 Å². The molecule has 2 aliphatic rings. The Morgan fingerprint density at radius 2 is 1.70 bits per heavy atom. The lowest BCUT2D eigenvalue weighted by atomic mass is 9.64. The third kappa shape index (κ3) is 4.38. The van der Waals surface area contributed by atoms with Gasteiger partial charge in [0.1, 0.15) is 23.9 Å². The van der Waals surface area contributed by atoms with Crippen LogP contribution in [0.4, 0.5) is 0 Å². The third-order valence-electron chi connectivity index (χ3n) is 7.55. The van der Waals surface area contributed by atoms with Crippen molar-refractivity contribution in [3.8, 4) is 0 Å². The van der Waals surface area contributed by atoms with Gasteiger partial charge in [-0.2, -0.15) is 0 Å². The zero-order valence-electron chi connectivity index (χ0n) is 19.1. The summed E-state index contributed by atoms with van der Waals surface area (Å²) in [4.78, 5) is 13.3. The summed E-state index contributed by atoms with van der Waals surface area (Å²) in [6.45, 7) is 4.08. The average Bonchev–Trinajstić information content (AvgIpc) is 3.40. The van der Waals surface area contributed by atoms with Crippen LogP contribution in [0.5, 0.6) is 0 Å². The number of carbonyl (C=O) groups is 1. The Hall–Kier alpha value is -2.44. The Morgan fingerprint density at radius 1 is 1.09 bits per heavy atom. The lowest BCUT2D eigenvalue weighted by Gasteiger charge is -2.37. The molecule has 2 aromatic carbocycles. The molecular weight excluding hydrogens is 478 g/mol. The number of hydrogen-bond donors (Lipinski definition) is 1. The number of halogens is 1. The molecule has 1 saturated carbocycles. The number of nitrogens with zero attached hydrogens (tertiary/aromatic N) is 2. The number of primary amides is 1. The van der Waals surface area contributed by atoms with E-state index in [0.717, 1.165) is 50.0 Å². The van der Waals surface area contributed by atoms with Crippen molar-refractivity contribution in [2.24, 2.45) is 11.7 Å². The quantitative estimate of drug-likeness (QED) is 0.358. The SMILES string of the molecule is Cc1n(CC[C@H]2CO2)cc[n+]1[C@H]1CC[C@@H](C(C(N)=O)(c2ccccc2)c2ccccc2)C1.[Br-]. The third-order valence-corrected chi connectivity index (χ3v) is 7.55. The van der Waals surface area contributed by atoms with Crippen LogP contribution in [0, 0.1) is 12.8 Å². The fourth-order valence-corrected chi connectivity index (χ4v) is 5.79. The van der Waals surface area contributed by atoms with Gasteiger partial charge in [0.15, 0.2) is 0 Å². The van der Waals surface area contributed by atoms with E-state index < -0.39 is 5.41 Å². The second kappa shape index (κ2) is 9.82. The fourth-order valence-electron chi connectivity index (χ4n) is 5.79. The highest BCUT2D eigenvalue weighted by Crippen LogP contribution is 2.48. The highest BCUT2D eigenvalue weighted by Gasteiger charge is 2.51. The summed E-state index contributed by atoms with van der Waals surface area (Å²) >= 11 is 0. The predicted molar refractivity (Wildman–Crippen MR) is 123 cm³/mol. The first kappa shape index (κ1) is 23.7. The van der Waals surface area contributed by atoms with Gasteiger partial charge in [0.2, 0.25) is 5.91 Å². The lowest BCUT2D eigenvalue weighted by molar-refractivity contribution is -0.727. The molecule has 174 valence electrons. The molecule has 5 nitrogen and oxygen atoms in total. The highest BCUT2D eigenvalue weighted by atomic mass is 79.9. The van der Waals surface area contributed by atoms with Crippen LogP contribution in [-0.4, -0.2) is 23.2 Å². The van der Waals surface area contributed by atoms with E-state index in [4.69, 9.17) is 10.5 Å². The molecule has 0 spiro atoms. The molecule has 3 atom stereocenters. The van der Waals surface area contributed by atoms with E-state index in [1.54, 1.807) is 0 Å². The fraction of sp³-hybridized carbons (Fsp3) is 0.407. The zero-order valence-corrected chi connectivity index (χ0v) is 20.7. The van der Waals surface area contributed by atoms with Crippen LogP contribution >= 0.6 is 0 Å². The van der Waals surface area contributed by atoms with Crippen molar-refractivity contribution in [1.29, 1.82) is 0 Å². The maximum atomic E-state index is 13.3. The maximum absolute atomic E-state index is 13.3. The molecule has 1 aliphatic carbocycles. The molecule has 0 unspecified atom stereocenters. The van der Waals surface area contributed by atoms with Crippen molar-refractivity contribution < 1.29 is 31.1 Å². The number of aryl methyl sites for hydroxylation is 1. The van der Waals surface area contributed by atoms with Crippen molar-refractivity contribution in [1.82, 2.24) is 4.57 Å². The van der Waals surface area contributed by atoms with Crippen LogP contribution in [0.3, 0.4) is 0 Å². The summed E-state index contributed by atoms with van der Waals surface area (Å²) in [6, 6.07) is 20.6. The molecule has 2 N–H and O–H groups in total. The van der Waals surface area contributed by atoms with Crippen molar-refractivity contribution in [2.45, 2.75) is 56.7 Å². The Morgan fingerprint density at radius 3 is 2.24 bits per heavy atom. The molecule has 2 fully saturated rings. The normalized spacial score (nSPS) is 22.0. The Kier molecular flexibility index (Phi) is 7.05. The monoisotopic (exact) mass is 509 g/mol. The number of carbonyl (C=O) groups excluding carboxylic acids is 1. The molecule has 2 heterocycles. The van der Waals surface area contributed by atoms with E-state index in [2.05, 4.69) is 52.7 Å². The van der Waals surface area contributed by atoms with Crippen LogP contribution < -0.4 is 27.3 Å². The van der Waals surface area contributed by atoms with Gasteiger partial charge in [0.25, 0.3) is 5.82 Å². The number of epoxide rings is 1. The summed E-state index contributed by atoms with van der Waals surface area (Å²) < 4.78 is 10.1. The Balaban J connectivity index is 0.00000259. The number of amides is 1. The molecule has 3 aromatic rings. The molecule has 5 rings (SSSR count). The van der Waals surface area contributed by atoms with Crippen molar-refractivity contribution in [3.63, 3.8) is 0 Å². The second-order valence-corrected chi connectivity index (χ2v) is 9.26. The van der Waals surface area contributed by atoms with Gasteiger partial charge >= 0.3 is 0 Å². The molecule has 1 amide bonds. The smallest absolute Gasteiger partial charge is 0.253 e. The minimum atomic E-state index is -0.822. The number of aromatic nitrogens is 2. The summed E-state index contributed by atoms with van der Waals surface area (Å²) in [5, 5.41) is 0. The molecule has 33 heavy (non-hydrogen) atoms. The predicted octanol–water partition coefficient (Wildman–Crippen LogP) is 0.690. The molecule has 1 aliphatic heterocycles.